The lowest BCUT2D eigenvalue weighted by Gasteiger charge is -2.06. The van der Waals surface area contributed by atoms with Crippen LogP contribution in [0.5, 0.6) is 0 Å². The van der Waals surface area contributed by atoms with E-state index in [-0.39, 0.29) is 12.8 Å². The average Bonchev–Trinajstić information content (AvgIpc) is 2.72. The summed E-state index contributed by atoms with van der Waals surface area (Å²) < 4.78 is 12.8. The molecule has 0 bridgehead atoms. The third kappa shape index (κ3) is 3.17. The van der Waals surface area contributed by atoms with Crippen LogP contribution in [-0.2, 0) is 16.2 Å². The van der Waals surface area contributed by atoms with Crippen molar-refractivity contribution in [2.24, 2.45) is 0 Å². The number of hydrogen-bond acceptors (Lipinski definition) is 4. The van der Waals surface area contributed by atoms with E-state index in [1.807, 2.05) is 23.8 Å². The standard InChI is InChI=1S/C12H14NO3S/c1-9(2)16-12(14)15-8-13-5-3-10-4-6-17-11(10)7-13/h3-7,9H,8H2,1-2H3/q+1. The second kappa shape index (κ2) is 5.14. The van der Waals surface area contributed by atoms with Gasteiger partial charge in [0.15, 0.2) is 12.4 Å². The van der Waals surface area contributed by atoms with Crippen LogP contribution in [0, 0.1) is 0 Å². The first-order valence-corrected chi connectivity index (χ1v) is 6.23. The fourth-order valence-corrected chi connectivity index (χ4v) is 2.21. The summed E-state index contributed by atoms with van der Waals surface area (Å²) in [5.74, 6) is 0. The molecule has 0 atom stereocenters. The lowest BCUT2D eigenvalue weighted by molar-refractivity contribution is -0.726. The van der Waals surface area contributed by atoms with Crippen molar-refractivity contribution >= 4 is 27.6 Å². The molecule has 2 heterocycles. The summed E-state index contributed by atoms with van der Waals surface area (Å²) in [5.41, 5.74) is 0. The van der Waals surface area contributed by atoms with Gasteiger partial charge in [0.1, 0.15) is 0 Å². The zero-order valence-corrected chi connectivity index (χ0v) is 10.6. The Balaban J connectivity index is 1.96. The van der Waals surface area contributed by atoms with E-state index in [1.54, 1.807) is 29.8 Å². The largest absolute Gasteiger partial charge is 0.513 e. The zero-order valence-electron chi connectivity index (χ0n) is 9.75. The van der Waals surface area contributed by atoms with E-state index in [0.29, 0.717) is 0 Å². The van der Waals surface area contributed by atoms with Crippen LogP contribution in [0.3, 0.4) is 0 Å². The van der Waals surface area contributed by atoms with E-state index >= 15 is 0 Å². The van der Waals surface area contributed by atoms with E-state index < -0.39 is 6.16 Å². The fourth-order valence-electron chi connectivity index (χ4n) is 1.38. The first kappa shape index (κ1) is 11.9. The fraction of sp³-hybridized carbons (Fsp3) is 0.333. The SMILES string of the molecule is CC(C)OC(=O)OC[n+]1ccc2ccsc2c1. The highest BCUT2D eigenvalue weighted by Gasteiger charge is 2.10. The van der Waals surface area contributed by atoms with Crippen molar-refractivity contribution in [1.29, 1.82) is 0 Å². The summed E-state index contributed by atoms with van der Waals surface area (Å²) in [6.07, 6.45) is 3.02. The number of hydrogen-bond donors (Lipinski definition) is 0. The van der Waals surface area contributed by atoms with Crippen molar-refractivity contribution in [3.63, 3.8) is 0 Å². The Kier molecular flexibility index (Phi) is 3.58. The van der Waals surface area contributed by atoms with Gasteiger partial charge in [-0.1, -0.05) is 0 Å². The summed E-state index contributed by atoms with van der Waals surface area (Å²) in [5, 5.41) is 3.22. The molecule has 0 N–H and O–H groups in total. The van der Waals surface area contributed by atoms with Crippen molar-refractivity contribution in [2.75, 3.05) is 0 Å². The summed E-state index contributed by atoms with van der Waals surface area (Å²) in [4.78, 5) is 11.2. The number of rotatable bonds is 3. The Bertz CT molecular complexity index is 521. The van der Waals surface area contributed by atoms with Crippen LogP contribution in [0.15, 0.2) is 29.9 Å². The molecule has 0 unspecified atom stereocenters. The number of fused-ring (bicyclic) bond motifs is 1. The van der Waals surface area contributed by atoms with Crippen LogP contribution in [-0.4, -0.2) is 12.3 Å². The highest BCUT2D eigenvalue weighted by molar-refractivity contribution is 7.17. The molecular formula is C12H14NO3S+. The van der Waals surface area contributed by atoms with E-state index in [1.165, 1.54) is 5.39 Å². The third-order valence-electron chi connectivity index (χ3n) is 2.12. The van der Waals surface area contributed by atoms with Gasteiger partial charge < -0.3 is 9.47 Å². The highest BCUT2D eigenvalue weighted by Crippen LogP contribution is 2.17. The normalized spacial score (nSPS) is 10.8. The second-order valence-corrected chi connectivity index (χ2v) is 4.84. The Hall–Kier alpha value is -1.62. The van der Waals surface area contributed by atoms with Gasteiger partial charge in [-0.15, -0.1) is 11.3 Å². The van der Waals surface area contributed by atoms with Crippen LogP contribution in [0.4, 0.5) is 4.79 Å². The maximum Gasteiger partial charge on any atom is 0.513 e. The molecule has 0 aromatic carbocycles. The molecule has 0 amide bonds. The topological polar surface area (TPSA) is 39.4 Å². The van der Waals surface area contributed by atoms with E-state index in [9.17, 15) is 4.79 Å². The predicted octanol–water partition coefficient (Wildman–Crippen LogP) is 2.71. The molecule has 0 aliphatic carbocycles. The van der Waals surface area contributed by atoms with Gasteiger partial charge in [-0.2, -0.15) is 4.57 Å². The van der Waals surface area contributed by atoms with Crippen LogP contribution < -0.4 is 4.57 Å². The Morgan fingerprint density at radius 2 is 2.29 bits per heavy atom. The monoisotopic (exact) mass is 252 g/mol. The van der Waals surface area contributed by atoms with Gasteiger partial charge in [0, 0.05) is 11.5 Å². The van der Waals surface area contributed by atoms with Gasteiger partial charge in [0.05, 0.1) is 10.8 Å². The molecule has 0 spiro atoms. The smallest absolute Gasteiger partial charge is 0.431 e. The lowest BCUT2D eigenvalue weighted by atomic mass is 10.3. The molecule has 0 saturated heterocycles. The summed E-state index contributed by atoms with van der Waals surface area (Å²) in [7, 11) is 0. The number of carbonyl (C=O) groups excluding carboxylic acids is 1. The lowest BCUT2D eigenvalue weighted by Crippen LogP contribution is -2.35. The maximum absolute atomic E-state index is 11.2. The van der Waals surface area contributed by atoms with Gasteiger partial charge in [-0.25, -0.2) is 4.79 Å². The molecule has 2 aromatic rings. The number of nitrogens with zero attached hydrogens (tertiary/aromatic N) is 1. The van der Waals surface area contributed by atoms with Crippen molar-refractivity contribution in [3.05, 3.63) is 29.9 Å². The average molecular weight is 252 g/mol. The Labute approximate surface area is 103 Å². The van der Waals surface area contributed by atoms with E-state index in [4.69, 9.17) is 9.47 Å². The molecule has 5 heteroatoms. The van der Waals surface area contributed by atoms with E-state index in [0.717, 1.165) is 4.70 Å². The van der Waals surface area contributed by atoms with Crippen molar-refractivity contribution in [2.45, 2.75) is 26.7 Å². The van der Waals surface area contributed by atoms with Gasteiger partial charge in [-0.3, -0.25) is 0 Å². The summed E-state index contributed by atoms with van der Waals surface area (Å²) in [6.45, 7) is 3.73. The van der Waals surface area contributed by atoms with Crippen LogP contribution in [0.1, 0.15) is 13.8 Å². The van der Waals surface area contributed by atoms with Crippen LogP contribution in [0.2, 0.25) is 0 Å². The molecule has 2 rings (SSSR count). The third-order valence-corrected chi connectivity index (χ3v) is 2.99. The molecule has 17 heavy (non-hydrogen) atoms. The molecule has 4 nitrogen and oxygen atoms in total. The van der Waals surface area contributed by atoms with Crippen molar-refractivity contribution in [1.82, 2.24) is 0 Å². The van der Waals surface area contributed by atoms with Crippen LogP contribution in [0.25, 0.3) is 10.1 Å². The molecule has 0 aliphatic rings. The molecule has 2 aromatic heterocycles. The quantitative estimate of drug-likeness (QED) is 0.623. The van der Waals surface area contributed by atoms with Gasteiger partial charge in [0.25, 0.3) is 6.73 Å². The number of carbonyl (C=O) groups is 1. The Morgan fingerprint density at radius 3 is 3.06 bits per heavy atom. The van der Waals surface area contributed by atoms with Crippen molar-refractivity contribution in [3.8, 4) is 0 Å². The summed E-state index contributed by atoms with van der Waals surface area (Å²) in [6, 6.07) is 4.04. The molecule has 0 saturated carbocycles. The predicted molar refractivity (Wildman–Crippen MR) is 64.7 cm³/mol. The molecular weight excluding hydrogens is 238 g/mol. The molecule has 0 fully saturated rings. The zero-order chi connectivity index (χ0) is 12.3. The Morgan fingerprint density at radius 1 is 1.47 bits per heavy atom. The molecule has 0 aliphatic heterocycles. The number of aromatic nitrogens is 1. The van der Waals surface area contributed by atoms with Gasteiger partial charge >= 0.3 is 6.16 Å². The first-order valence-electron chi connectivity index (χ1n) is 5.35. The minimum absolute atomic E-state index is 0.160. The second-order valence-electron chi connectivity index (χ2n) is 3.89. The van der Waals surface area contributed by atoms with Gasteiger partial charge in [-0.05, 0) is 25.3 Å². The number of ether oxygens (including phenoxy) is 2. The van der Waals surface area contributed by atoms with Gasteiger partial charge in [0.2, 0.25) is 0 Å². The number of pyridine rings is 1. The first-order chi connectivity index (χ1) is 8.15. The minimum Gasteiger partial charge on any atom is -0.431 e. The number of thiophene rings is 1. The molecule has 90 valence electrons. The molecule has 0 radical (unpaired) electrons. The van der Waals surface area contributed by atoms with E-state index in [2.05, 4.69) is 6.07 Å². The summed E-state index contributed by atoms with van der Waals surface area (Å²) >= 11 is 1.65. The maximum atomic E-state index is 11.2. The minimum atomic E-state index is -0.640. The highest BCUT2D eigenvalue weighted by atomic mass is 32.1. The van der Waals surface area contributed by atoms with Crippen LogP contribution >= 0.6 is 11.3 Å². The van der Waals surface area contributed by atoms with Crippen molar-refractivity contribution < 1.29 is 18.8 Å².